The van der Waals surface area contributed by atoms with Gasteiger partial charge < -0.3 is 4.74 Å². The molecule has 0 amide bonds. The molecule has 0 saturated heterocycles. The first kappa shape index (κ1) is 8.06. The van der Waals surface area contributed by atoms with E-state index < -0.39 is 0 Å². The predicted octanol–water partition coefficient (Wildman–Crippen LogP) is 0.308. The van der Waals surface area contributed by atoms with Crippen LogP contribution in [0.2, 0.25) is 5.15 Å². The van der Waals surface area contributed by atoms with Crippen LogP contribution in [0.15, 0.2) is 4.79 Å². The summed E-state index contributed by atoms with van der Waals surface area (Å²) in [5.74, 6) is 0.185. The zero-order valence-corrected chi connectivity index (χ0v) is 7.34. The highest BCUT2D eigenvalue weighted by atomic mass is 35.5. The van der Waals surface area contributed by atoms with Crippen molar-refractivity contribution in [3.8, 4) is 5.88 Å². The monoisotopic (exact) mass is 200 g/mol. The van der Waals surface area contributed by atoms with Crippen LogP contribution in [0.1, 0.15) is 0 Å². The summed E-state index contributed by atoms with van der Waals surface area (Å²) in [5, 5.41) is 0.116. The molecule has 0 radical (unpaired) electrons. The number of H-pyrrole nitrogens is 2. The van der Waals surface area contributed by atoms with Crippen LogP contribution in [0.4, 0.5) is 0 Å². The fraction of sp³-hybridized carbons (Fsp3) is 0.167. The van der Waals surface area contributed by atoms with Crippen LogP contribution in [0.5, 0.6) is 5.88 Å². The number of halogens is 1. The molecule has 0 aliphatic rings. The smallest absolute Gasteiger partial charge is 0.326 e. The van der Waals surface area contributed by atoms with Crippen LogP contribution >= 0.6 is 11.6 Å². The molecule has 2 rings (SSSR count). The highest BCUT2D eigenvalue weighted by molar-refractivity contribution is 6.30. The summed E-state index contributed by atoms with van der Waals surface area (Å²) in [4.78, 5) is 23.5. The van der Waals surface area contributed by atoms with E-state index >= 15 is 0 Å². The van der Waals surface area contributed by atoms with E-state index in [0.717, 1.165) is 0 Å². The lowest BCUT2D eigenvalue weighted by Gasteiger charge is -1.98. The van der Waals surface area contributed by atoms with Gasteiger partial charge in [0.1, 0.15) is 0 Å². The van der Waals surface area contributed by atoms with Crippen LogP contribution in [0, 0.1) is 0 Å². The molecule has 6 nitrogen and oxygen atoms in total. The molecule has 0 bridgehead atoms. The van der Waals surface area contributed by atoms with Gasteiger partial charge in [0.05, 0.1) is 7.11 Å². The lowest BCUT2D eigenvalue weighted by molar-refractivity contribution is 0.398. The van der Waals surface area contributed by atoms with Gasteiger partial charge in [0.2, 0.25) is 0 Å². The highest BCUT2D eigenvalue weighted by Crippen LogP contribution is 2.19. The van der Waals surface area contributed by atoms with E-state index in [0.29, 0.717) is 11.3 Å². The van der Waals surface area contributed by atoms with Gasteiger partial charge in [-0.15, -0.1) is 0 Å². The summed E-state index contributed by atoms with van der Waals surface area (Å²) in [5.41, 5.74) is 0.265. The van der Waals surface area contributed by atoms with Gasteiger partial charge in [-0.25, -0.2) is 9.78 Å². The van der Waals surface area contributed by atoms with Crippen molar-refractivity contribution in [2.24, 2.45) is 0 Å². The van der Waals surface area contributed by atoms with Crippen LogP contribution in [-0.2, 0) is 0 Å². The number of nitrogens with zero attached hydrogens (tertiary/aromatic N) is 2. The Bertz CT molecular complexity index is 503. The SMILES string of the molecule is COc1nc2[nH]c(=O)[nH]c2nc1Cl. The summed E-state index contributed by atoms with van der Waals surface area (Å²) in [6, 6.07) is 0. The summed E-state index contributed by atoms with van der Waals surface area (Å²) < 4.78 is 4.82. The molecule has 7 heteroatoms. The Morgan fingerprint density at radius 3 is 2.54 bits per heavy atom. The fourth-order valence-corrected chi connectivity index (χ4v) is 1.15. The molecular formula is C6H5ClN4O2. The first-order valence-electron chi connectivity index (χ1n) is 3.40. The normalized spacial score (nSPS) is 10.6. The van der Waals surface area contributed by atoms with Crippen molar-refractivity contribution in [2.45, 2.75) is 0 Å². The van der Waals surface area contributed by atoms with Crippen molar-refractivity contribution in [3.63, 3.8) is 0 Å². The van der Waals surface area contributed by atoms with E-state index in [2.05, 4.69) is 19.9 Å². The molecule has 2 aromatic rings. The molecule has 2 heterocycles. The van der Waals surface area contributed by atoms with Crippen LogP contribution < -0.4 is 10.4 Å². The zero-order valence-electron chi connectivity index (χ0n) is 6.59. The van der Waals surface area contributed by atoms with Gasteiger partial charge in [-0.1, -0.05) is 11.6 Å². The van der Waals surface area contributed by atoms with Gasteiger partial charge in [-0.2, -0.15) is 4.98 Å². The Morgan fingerprint density at radius 2 is 1.92 bits per heavy atom. The molecule has 0 aromatic carbocycles. The Morgan fingerprint density at radius 1 is 1.31 bits per heavy atom. The number of imidazole rings is 1. The number of hydrogen-bond acceptors (Lipinski definition) is 4. The van der Waals surface area contributed by atoms with Crippen molar-refractivity contribution in [1.82, 2.24) is 19.9 Å². The number of methoxy groups -OCH3 is 1. The third-order valence-electron chi connectivity index (χ3n) is 1.48. The lowest BCUT2D eigenvalue weighted by atomic mass is 10.6. The maximum Gasteiger partial charge on any atom is 0.326 e. The summed E-state index contributed by atoms with van der Waals surface area (Å²) in [6.45, 7) is 0. The van der Waals surface area contributed by atoms with E-state index in [1.165, 1.54) is 7.11 Å². The van der Waals surface area contributed by atoms with Gasteiger partial charge in [0, 0.05) is 0 Å². The number of aromatic nitrogens is 4. The number of hydrogen-bond donors (Lipinski definition) is 2. The second-order valence-corrected chi connectivity index (χ2v) is 2.66. The molecule has 0 aliphatic heterocycles. The van der Waals surface area contributed by atoms with E-state index in [1.807, 2.05) is 0 Å². The average molecular weight is 201 g/mol. The Labute approximate surface area is 76.9 Å². The van der Waals surface area contributed by atoms with Crippen molar-refractivity contribution in [1.29, 1.82) is 0 Å². The standard InChI is InChI=1S/C6H5ClN4O2/c1-13-5-2(7)8-3-4(9-5)11-6(12)10-3/h1H3,(H2,8,9,10,11,12). The molecule has 0 aliphatic carbocycles. The second kappa shape index (κ2) is 2.74. The maximum atomic E-state index is 10.8. The van der Waals surface area contributed by atoms with Gasteiger partial charge in [0.15, 0.2) is 16.4 Å². The second-order valence-electron chi connectivity index (χ2n) is 2.30. The number of rotatable bonds is 1. The number of nitrogens with one attached hydrogen (secondary N) is 2. The first-order valence-corrected chi connectivity index (χ1v) is 3.78. The molecule has 13 heavy (non-hydrogen) atoms. The molecule has 0 unspecified atom stereocenters. The third-order valence-corrected chi connectivity index (χ3v) is 1.73. The first-order chi connectivity index (χ1) is 6.20. The molecule has 68 valence electrons. The molecule has 0 saturated carbocycles. The Hall–Kier alpha value is -1.56. The minimum absolute atomic E-state index is 0.116. The summed E-state index contributed by atoms with van der Waals surface area (Å²) >= 11 is 5.68. The van der Waals surface area contributed by atoms with Crippen molar-refractivity contribution >= 4 is 22.9 Å². The zero-order chi connectivity index (χ0) is 9.42. The van der Waals surface area contributed by atoms with Gasteiger partial charge in [-0.05, 0) is 0 Å². The Kier molecular flexibility index (Phi) is 1.70. The third kappa shape index (κ3) is 1.25. The van der Waals surface area contributed by atoms with Gasteiger partial charge in [-0.3, -0.25) is 9.97 Å². The number of fused-ring (bicyclic) bond motifs is 1. The summed E-state index contributed by atoms with van der Waals surface area (Å²) in [7, 11) is 1.42. The maximum absolute atomic E-state index is 10.8. The number of ether oxygens (including phenoxy) is 1. The summed E-state index contributed by atoms with van der Waals surface area (Å²) in [6.07, 6.45) is 0. The van der Waals surface area contributed by atoms with E-state index in [-0.39, 0.29) is 16.7 Å². The van der Waals surface area contributed by atoms with Gasteiger partial charge in [0.25, 0.3) is 5.88 Å². The molecule has 2 aromatic heterocycles. The minimum atomic E-state index is -0.376. The van der Waals surface area contributed by atoms with Gasteiger partial charge >= 0.3 is 5.69 Å². The molecule has 2 N–H and O–H groups in total. The van der Waals surface area contributed by atoms with Crippen molar-refractivity contribution < 1.29 is 4.74 Å². The topological polar surface area (TPSA) is 83.7 Å². The largest absolute Gasteiger partial charge is 0.479 e. The predicted molar refractivity (Wildman–Crippen MR) is 46.1 cm³/mol. The van der Waals surface area contributed by atoms with Crippen molar-refractivity contribution in [3.05, 3.63) is 15.6 Å². The minimum Gasteiger partial charge on any atom is -0.479 e. The molecule has 0 fully saturated rings. The van der Waals surface area contributed by atoms with E-state index in [4.69, 9.17) is 16.3 Å². The van der Waals surface area contributed by atoms with Crippen LogP contribution in [0.3, 0.4) is 0 Å². The molecule has 0 spiro atoms. The van der Waals surface area contributed by atoms with Crippen molar-refractivity contribution in [2.75, 3.05) is 7.11 Å². The molecule has 0 atom stereocenters. The quantitative estimate of drug-likeness (QED) is 0.694. The average Bonchev–Trinajstić information content (AvgIpc) is 2.42. The van der Waals surface area contributed by atoms with Crippen LogP contribution in [0.25, 0.3) is 11.3 Å². The fourth-order valence-electron chi connectivity index (χ4n) is 0.950. The molecular weight excluding hydrogens is 196 g/mol. The Balaban J connectivity index is 2.80. The van der Waals surface area contributed by atoms with Crippen LogP contribution in [-0.4, -0.2) is 27.0 Å². The highest BCUT2D eigenvalue weighted by Gasteiger charge is 2.08. The van der Waals surface area contributed by atoms with E-state index in [1.54, 1.807) is 0 Å². The number of aromatic amines is 2. The van der Waals surface area contributed by atoms with E-state index in [9.17, 15) is 4.79 Å². The lowest BCUT2D eigenvalue weighted by Crippen LogP contribution is -1.99.